The summed E-state index contributed by atoms with van der Waals surface area (Å²) in [6, 6.07) is 0.523. The molecule has 0 atom stereocenters. The van der Waals surface area contributed by atoms with E-state index in [9.17, 15) is 0 Å². The fourth-order valence-electron chi connectivity index (χ4n) is 2.54. The Morgan fingerprint density at radius 3 is 2.64 bits per heavy atom. The van der Waals surface area contributed by atoms with Crippen LogP contribution in [0.25, 0.3) is 0 Å². The molecule has 126 valence electrons. The van der Waals surface area contributed by atoms with Crippen molar-refractivity contribution in [3.8, 4) is 0 Å². The Bertz CT molecular complexity index is 473. The van der Waals surface area contributed by atoms with Gasteiger partial charge in [0.25, 0.3) is 0 Å². The second-order valence-corrected chi connectivity index (χ2v) is 7.82. The molecule has 3 N–H and O–H groups in total. The SMILES string of the molecule is CC(C)(C)c1csc(CCN=C(N)NC2CCCCC2)n1.I. The molecule has 0 bridgehead atoms. The number of nitrogens with zero attached hydrogens (tertiary/aromatic N) is 2. The molecule has 0 amide bonds. The summed E-state index contributed by atoms with van der Waals surface area (Å²) < 4.78 is 0. The van der Waals surface area contributed by atoms with Crippen LogP contribution in [0.15, 0.2) is 10.4 Å². The Labute approximate surface area is 155 Å². The highest BCUT2D eigenvalue weighted by Gasteiger charge is 2.17. The second kappa shape index (κ2) is 9.05. The number of halogens is 1. The standard InChI is InChI=1S/C16H28N4S.HI/c1-16(2,3)13-11-21-14(20-13)9-10-18-15(17)19-12-7-5-4-6-8-12;/h11-12H,4-10H2,1-3H3,(H3,17,18,19);1H. The highest BCUT2D eigenvalue weighted by Crippen LogP contribution is 2.24. The van der Waals surface area contributed by atoms with Gasteiger partial charge < -0.3 is 11.1 Å². The summed E-state index contributed by atoms with van der Waals surface area (Å²) >= 11 is 1.72. The molecule has 1 fully saturated rings. The van der Waals surface area contributed by atoms with Crippen LogP contribution in [0.2, 0.25) is 0 Å². The fourth-order valence-corrected chi connectivity index (χ4v) is 3.56. The van der Waals surface area contributed by atoms with Gasteiger partial charge in [-0.25, -0.2) is 4.98 Å². The normalized spacial score (nSPS) is 17.1. The smallest absolute Gasteiger partial charge is 0.188 e. The van der Waals surface area contributed by atoms with E-state index >= 15 is 0 Å². The van der Waals surface area contributed by atoms with E-state index in [2.05, 4.69) is 41.4 Å². The zero-order chi connectivity index (χ0) is 15.3. The molecule has 1 heterocycles. The summed E-state index contributed by atoms with van der Waals surface area (Å²) in [5.74, 6) is 0.592. The van der Waals surface area contributed by atoms with Gasteiger partial charge in [-0.05, 0) is 12.8 Å². The van der Waals surface area contributed by atoms with Gasteiger partial charge in [0.15, 0.2) is 5.96 Å². The highest BCUT2D eigenvalue weighted by atomic mass is 127. The topological polar surface area (TPSA) is 63.3 Å². The maximum absolute atomic E-state index is 5.97. The molecule has 4 nitrogen and oxygen atoms in total. The Morgan fingerprint density at radius 2 is 2.05 bits per heavy atom. The van der Waals surface area contributed by atoms with Gasteiger partial charge in [0.2, 0.25) is 0 Å². The van der Waals surface area contributed by atoms with Crippen molar-refractivity contribution in [2.75, 3.05) is 6.54 Å². The predicted octanol–water partition coefficient (Wildman–Crippen LogP) is 3.84. The minimum atomic E-state index is 0. The summed E-state index contributed by atoms with van der Waals surface area (Å²) in [5.41, 5.74) is 7.26. The van der Waals surface area contributed by atoms with Crippen LogP contribution in [0.4, 0.5) is 0 Å². The maximum Gasteiger partial charge on any atom is 0.188 e. The van der Waals surface area contributed by atoms with Crippen LogP contribution >= 0.6 is 35.3 Å². The molecule has 1 aromatic rings. The number of thiazole rings is 1. The number of aliphatic imine (C=N–C) groups is 1. The molecule has 6 heteroatoms. The molecule has 1 aliphatic rings. The third-order valence-electron chi connectivity index (χ3n) is 3.89. The molecule has 22 heavy (non-hydrogen) atoms. The first-order valence-corrected chi connectivity index (χ1v) is 8.84. The van der Waals surface area contributed by atoms with Crippen molar-refractivity contribution in [2.24, 2.45) is 10.7 Å². The predicted molar refractivity (Wildman–Crippen MR) is 106 cm³/mol. The number of nitrogens with one attached hydrogen (secondary N) is 1. The lowest BCUT2D eigenvalue weighted by Gasteiger charge is -2.23. The molecule has 1 aliphatic carbocycles. The third-order valence-corrected chi connectivity index (χ3v) is 4.79. The molecule has 0 saturated heterocycles. The van der Waals surface area contributed by atoms with E-state index in [-0.39, 0.29) is 29.4 Å². The lowest BCUT2D eigenvalue weighted by atomic mass is 9.93. The van der Waals surface area contributed by atoms with Gasteiger partial charge in [-0.15, -0.1) is 35.3 Å². The molecule has 2 rings (SSSR count). The van der Waals surface area contributed by atoms with E-state index in [4.69, 9.17) is 5.73 Å². The minimum absolute atomic E-state index is 0. The number of hydrogen-bond acceptors (Lipinski definition) is 3. The Kier molecular flexibility index (Phi) is 8.10. The Balaban J connectivity index is 0.00000242. The van der Waals surface area contributed by atoms with E-state index < -0.39 is 0 Å². The van der Waals surface area contributed by atoms with E-state index in [1.807, 2.05) is 0 Å². The largest absolute Gasteiger partial charge is 0.370 e. The van der Waals surface area contributed by atoms with E-state index in [1.165, 1.54) is 37.8 Å². The minimum Gasteiger partial charge on any atom is -0.370 e. The van der Waals surface area contributed by atoms with Crippen molar-refractivity contribution in [3.63, 3.8) is 0 Å². The second-order valence-electron chi connectivity index (χ2n) is 6.87. The van der Waals surface area contributed by atoms with E-state index in [1.54, 1.807) is 11.3 Å². The van der Waals surface area contributed by atoms with Crippen molar-refractivity contribution in [2.45, 2.75) is 70.8 Å². The Morgan fingerprint density at radius 1 is 1.36 bits per heavy atom. The van der Waals surface area contributed by atoms with Gasteiger partial charge in [-0.3, -0.25) is 4.99 Å². The van der Waals surface area contributed by atoms with Gasteiger partial charge in [-0.2, -0.15) is 0 Å². The molecule has 0 radical (unpaired) electrons. The van der Waals surface area contributed by atoms with Crippen LogP contribution in [0, 0.1) is 0 Å². The van der Waals surface area contributed by atoms with Crippen LogP contribution in [-0.4, -0.2) is 23.5 Å². The maximum atomic E-state index is 5.97. The molecule has 1 aromatic heterocycles. The fraction of sp³-hybridized carbons (Fsp3) is 0.750. The van der Waals surface area contributed by atoms with Crippen molar-refractivity contribution < 1.29 is 0 Å². The molecular weight excluding hydrogens is 407 g/mol. The van der Waals surface area contributed by atoms with Crippen LogP contribution in [-0.2, 0) is 11.8 Å². The van der Waals surface area contributed by atoms with Crippen molar-refractivity contribution in [1.29, 1.82) is 0 Å². The molecular formula is C16H29IN4S. The lowest BCUT2D eigenvalue weighted by Crippen LogP contribution is -2.41. The van der Waals surface area contributed by atoms with Crippen molar-refractivity contribution in [1.82, 2.24) is 10.3 Å². The first-order valence-electron chi connectivity index (χ1n) is 7.96. The molecule has 0 unspecified atom stereocenters. The van der Waals surface area contributed by atoms with E-state index in [0.717, 1.165) is 11.4 Å². The average Bonchev–Trinajstić information content (AvgIpc) is 2.88. The number of guanidine groups is 1. The van der Waals surface area contributed by atoms with Gasteiger partial charge in [-0.1, -0.05) is 40.0 Å². The monoisotopic (exact) mass is 436 g/mol. The molecule has 0 aliphatic heterocycles. The van der Waals surface area contributed by atoms with Crippen LogP contribution in [0.5, 0.6) is 0 Å². The molecule has 0 spiro atoms. The summed E-state index contributed by atoms with van der Waals surface area (Å²) in [4.78, 5) is 9.12. The van der Waals surface area contributed by atoms with Gasteiger partial charge in [0.05, 0.1) is 10.7 Å². The first-order chi connectivity index (χ1) is 9.95. The van der Waals surface area contributed by atoms with E-state index in [0.29, 0.717) is 18.5 Å². The summed E-state index contributed by atoms with van der Waals surface area (Å²) in [7, 11) is 0. The number of aromatic nitrogens is 1. The first kappa shape index (κ1) is 19.7. The highest BCUT2D eigenvalue weighted by molar-refractivity contribution is 14.0. The quantitative estimate of drug-likeness (QED) is 0.428. The lowest BCUT2D eigenvalue weighted by molar-refractivity contribution is 0.412. The number of nitrogens with two attached hydrogens (primary N) is 1. The number of rotatable bonds is 4. The van der Waals surface area contributed by atoms with Gasteiger partial charge >= 0.3 is 0 Å². The van der Waals surface area contributed by atoms with Crippen molar-refractivity contribution in [3.05, 3.63) is 16.1 Å². The molecule has 0 aromatic carbocycles. The van der Waals surface area contributed by atoms with Gasteiger partial charge in [0.1, 0.15) is 0 Å². The van der Waals surface area contributed by atoms with Crippen molar-refractivity contribution >= 4 is 41.3 Å². The summed E-state index contributed by atoms with van der Waals surface area (Å²) in [5, 5.41) is 6.65. The third kappa shape index (κ3) is 6.40. The Hall–Kier alpha value is -0.370. The van der Waals surface area contributed by atoms with Crippen LogP contribution in [0.1, 0.15) is 63.6 Å². The zero-order valence-electron chi connectivity index (χ0n) is 13.9. The summed E-state index contributed by atoms with van der Waals surface area (Å²) in [6.07, 6.45) is 7.28. The summed E-state index contributed by atoms with van der Waals surface area (Å²) in [6.45, 7) is 7.28. The van der Waals surface area contributed by atoms with Gasteiger partial charge in [0, 0.05) is 29.8 Å². The molecule has 1 saturated carbocycles. The average molecular weight is 436 g/mol. The van der Waals surface area contributed by atoms with Crippen LogP contribution in [0.3, 0.4) is 0 Å². The zero-order valence-corrected chi connectivity index (χ0v) is 17.0. The van der Waals surface area contributed by atoms with Crippen LogP contribution < -0.4 is 11.1 Å². The number of hydrogen-bond donors (Lipinski definition) is 2.